The Morgan fingerprint density at radius 2 is 2.20 bits per heavy atom. The maximum absolute atomic E-state index is 10.8. The molecule has 2 aromatic heterocycles. The van der Waals surface area contributed by atoms with Gasteiger partial charge >= 0.3 is 5.97 Å². The van der Waals surface area contributed by atoms with Gasteiger partial charge in [0.05, 0.1) is 17.0 Å². The molecule has 0 saturated carbocycles. The molecule has 5 heteroatoms. The van der Waals surface area contributed by atoms with Gasteiger partial charge in [-0.2, -0.15) is 5.10 Å². The molecule has 5 nitrogen and oxygen atoms in total. The Balaban J connectivity index is 2.50. The Morgan fingerprint density at radius 1 is 1.40 bits per heavy atom. The summed E-state index contributed by atoms with van der Waals surface area (Å²) in [5.41, 5.74) is 1.62. The van der Waals surface area contributed by atoms with Crippen LogP contribution in [0, 0.1) is 0 Å². The second-order valence-electron chi connectivity index (χ2n) is 3.07. The van der Waals surface area contributed by atoms with Crippen LogP contribution in [0.15, 0.2) is 30.6 Å². The summed E-state index contributed by atoms with van der Waals surface area (Å²) in [4.78, 5) is 14.9. The molecule has 0 aromatic carbocycles. The Morgan fingerprint density at radius 3 is 2.80 bits per heavy atom. The molecule has 0 aliphatic rings. The van der Waals surface area contributed by atoms with E-state index in [2.05, 4.69) is 10.1 Å². The third kappa shape index (κ3) is 1.71. The van der Waals surface area contributed by atoms with Gasteiger partial charge in [-0.3, -0.25) is 9.67 Å². The monoisotopic (exact) mass is 203 g/mol. The first-order chi connectivity index (χ1) is 7.18. The van der Waals surface area contributed by atoms with Gasteiger partial charge in [0, 0.05) is 19.4 Å². The first-order valence-corrected chi connectivity index (χ1v) is 4.36. The van der Waals surface area contributed by atoms with Crippen molar-refractivity contribution in [1.29, 1.82) is 0 Å². The maximum Gasteiger partial charge on any atom is 0.335 e. The quantitative estimate of drug-likeness (QED) is 0.795. The first-order valence-electron chi connectivity index (χ1n) is 4.36. The molecule has 1 N–H and O–H groups in total. The van der Waals surface area contributed by atoms with E-state index in [1.54, 1.807) is 24.0 Å². The number of carbonyl (C=O) groups is 1. The molecule has 0 aliphatic carbocycles. The fourth-order valence-electron chi connectivity index (χ4n) is 1.33. The normalized spacial score (nSPS) is 10.2. The van der Waals surface area contributed by atoms with E-state index < -0.39 is 5.97 Å². The molecule has 0 aliphatic heterocycles. The molecule has 0 amide bonds. The Labute approximate surface area is 86.0 Å². The summed E-state index contributed by atoms with van der Waals surface area (Å²) in [5.74, 6) is -0.958. The van der Waals surface area contributed by atoms with Gasteiger partial charge in [-0.25, -0.2) is 4.79 Å². The number of hydrogen-bond acceptors (Lipinski definition) is 3. The standard InChI is InChI=1S/C10H9N3O2/c1-13-9(3-5-12-13)8-6-7(10(14)15)2-4-11-8/h2-6H,1H3,(H,14,15). The minimum absolute atomic E-state index is 0.223. The molecular weight excluding hydrogens is 194 g/mol. The number of nitrogens with zero attached hydrogens (tertiary/aromatic N) is 3. The van der Waals surface area contributed by atoms with Crippen molar-refractivity contribution in [3.05, 3.63) is 36.2 Å². The van der Waals surface area contributed by atoms with Gasteiger partial charge in [-0.05, 0) is 18.2 Å². The predicted octanol–water partition coefficient (Wildman–Crippen LogP) is 1.18. The molecule has 2 rings (SSSR count). The Kier molecular flexibility index (Phi) is 2.21. The van der Waals surface area contributed by atoms with Crippen LogP contribution in [0.2, 0.25) is 0 Å². The minimum atomic E-state index is -0.958. The number of carboxylic acids is 1. The second-order valence-corrected chi connectivity index (χ2v) is 3.07. The highest BCUT2D eigenvalue weighted by molar-refractivity contribution is 5.88. The van der Waals surface area contributed by atoms with Crippen LogP contribution in [0.4, 0.5) is 0 Å². The Hall–Kier alpha value is -2.17. The summed E-state index contributed by atoms with van der Waals surface area (Å²) in [6.07, 6.45) is 3.12. The SMILES string of the molecule is Cn1nccc1-c1cc(C(=O)O)ccn1. The largest absolute Gasteiger partial charge is 0.478 e. The van der Waals surface area contributed by atoms with Crippen molar-refractivity contribution in [2.45, 2.75) is 0 Å². The number of aromatic nitrogens is 3. The lowest BCUT2D eigenvalue weighted by Crippen LogP contribution is -1.99. The van der Waals surface area contributed by atoms with Gasteiger partial charge in [-0.15, -0.1) is 0 Å². The third-order valence-electron chi connectivity index (χ3n) is 2.09. The summed E-state index contributed by atoms with van der Waals surface area (Å²) < 4.78 is 1.65. The van der Waals surface area contributed by atoms with E-state index in [4.69, 9.17) is 5.11 Å². The molecule has 0 spiro atoms. The molecule has 0 bridgehead atoms. The van der Waals surface area contributed by atoms with E-state index in [9.17, 15) is 4.79 Å². The van der Waals surface area contributed by atoms with Crippen LogP contribution < -0.4 is 0 Å². The lowest BCUT2D eigenvalue weighted by Gasteiger charge is -2.01. The van der Waals surface area contributed by atoms with E-state index in [1.165, 1.54) is 18.3 Å². The number of pyridine rings is 1. The minimum Gasteiger partial charge on any atom is -0.478 e. The molecular formula is C10H9N3O2. The zero-order valence-corrected chi connectivity index (χ0v) is 8.08. The highest BCUT2D eigenvalue weighted by Gasteiger charge is 2.07. The zero-order valence-electron chi connectivity index (χ0n) is 8.08. The van der Waals surface area contributed by atoms with Gasteiger partial charge in [0.1, 0.15) is 0 Å². The number of carboxylic acid groups (broad SMARTS) is 1. The topological polar surface area (TPSA) is 68.0 Å². The number of aryl methyl sites for hydroxylation is 1. The molecule has 0 atom stereocenters. The van der Waals surface area contributed by atoms with E-state index in [1.807, 2.05) is 0 Å². The van der Waals surface area contributed by atoms with Gasteiger partial charge in [0.15, 0.2) is 0 Å². The first kappa shape index (κ1) is 9.39. The van der Waals surface area contributed by atoms with Gasteiger partial charge in [-0.1, -0.05) is 0 Å². The predicted molar refractivity (Wildman–Crippen MR) is 53.4 cm³/mol. The van der Waals surface area contributed by atoms with E-state index in [-0.39, 0.29) is 5.56 Å². The van der Waals surface area contributed by atoms with E-state index >= 15 is 0 Å². The molecule has 0 unspecified atom stereocenters. The van der Waals surface area contributed by atoms with Crippen molar-refractivity contribution >= 4 is 5.97 Å². The third-order valence-corrected chi connectivity index (χ3v) is 2.09. The second kappa shape index (κ2) is 3.53. The van der Waals surface area contributed by atoms with Crippen LogP contribution in [-0.4, -0.2) is 25.8 Å². The molecule has 15 heavy (non-hydrogen) atoms. The number of hydrogen-bond donors (Lipinski definition) is 1. The highest BCUT2D eigenvalue weighted by Crippen LogP contribution is 2.16. The van der Waals surface area contributed by atoms with Crippen molar-refractivity contribution in [3.63, 3.8) is 0 Å². The maximum atomic E-state index is 10.8. The molecule has 2 heterocycles. The average molecular weight is 203 g/mol. The summed E-state index contributed by atoms with van der Waals surface area (Å²) in [5, 5.41) is 12.8. The number of aromatic carboxylic acids is 1. The summed E-state index contributed by atoms with van der Waals surface area (Å²) >= 11 is 0. The van der Waals surface area contributed by atoms with Crippen LogP contribution in [0.5, 0.6) is 0 Å². The molecule has 0 fully saturated rings. The van der Waals surface area contributed by atoms with Crippen LogP contribution in [0.25, 0.3) is 11.4 Å². The summed E-state index contributed by atoms with van der Waals surface area (Å²) in [6.45, 7) is 0. The van der Waals surface area contributed by atoms with Gasteiger partial charge < -0.3 is 5.11 Å². The van der Waals surface area contributed by atoms with Crippen molar-refractivity contribution in [1.82, 2.24) is 14.8 Å². The molecule has 76 valence electrons. The van der Waals surface area contributed by atoms with Crippen molar-refractivity contribution < 1.29 is 9.90 Å². The van der Waals surface area contributed by atoms with Crippen LogP contribution >= 0.6 is 0 Å². The lowest BCUT2D eigenvalue weighted by atomic mass is 10.2. The summed E-state index contributed by atoms with van der Waals surface area (Å²) in [7, 11) is 1.78. The van der Waals surface area contributed by atoms with Crippen molar-refractivity contribution in [2.75, 3.05) is 0 Å². The summed E-state index contributed by atoms with van der Waals surface area (Å²) in [6, 6.07) is 4.77. The zero-order chi connectivity index (χ0) is 10.8. The van der Waals surface area contributed by atoms with Gasteiger partial charge in [0.25, 0.3) is 0 Å². The van der Waals surface area contributed by atoms with Crippen LogP contribution in [-0.2, 0) is 7.05 Å². The van der Waals surface area contributed by atoms with Crippen LogP contribution in [0.1, 0.15) is 10.4 Å². The molecule has 2 aromatic rings. The molecule has 0 radical (unpaired) electrons. The fraction of sp³-hybridized carbons (Fsp3) is 0.100. The van der Waals surface area contributed by atoms with E-state index in [0.29, 0.717) is 5.69 Å². The van der Waals surface area contributed by atoms with Crippen molar-refractivity contribution in [2.24, 2.45) is 7.05 Å². The Bertz CT molecular complexity index is 505. The smallest absolute Gasteiger partial charge is 0.335 e. The van der Waals surface area contributed by atoms with Crippen LogP contribution in [0.3, 0.4) is 0 Å². The fourth-order valence-corrected chi connectivity index (χ4v) is 1.33. The van der Waals surface area contributed by atoms with E-state index in [0.717, 1.165) is 5.69 Å². The average Bonchev–Trinajstić information content (AvgIpc) is 2.64. The highest BCUT2D eigenvalue weighted by atomic mass is 16.4. The van der Waals surface area contributed by atoms with Gasteiger partial charge in [0.2, 0.25) is 0 Å². The van der Waals surface area contributed by atoms with Crippen molar-refractivity contribution in [3.8, 4) is 11.4 Å². The molecule has 0 saturated heterocycles. The number of rotatable bonds is 2. The lowest BCUT2D eigenvalue weighted by molar-refractivity contribution is 0.0697.